The van der Waals surface area contributed by atoms with Crippen molar-refractivity contribution in [3.63, 3.8) is 0 Å². The Balaban J connectivity index is 1.43. The zero-order valence-electron chi connectivity index (χ0n) is 30.6. The van der Waals surface area contributed by atoms with Gasteiger partial charge >= 0.3 is 0 Å². The molecule has 1 aliphatic heterocycles. The van der Waals surface area contributed by atoms with Crippen LogP contribution in [0.25, 0.3) is 22.4 Å². The van der Waals surface area contributed by atoms with Gasteiger partial charge in [0.25, 0.3) is 5.56 Å². The molecule has 14 heteroatoms. The molecule has 50 heavy (non-hydrogen) atoms. The Morgan fingerprint density at radius 3 is 2.38 bits per heavy atom. The van der Waals surface area contributed by atoms with E-state index in [1.807, 2.05) is 38.1 Å². The molecule has 0 saturated carbocycles. The van der Waals surface area contributed by atoms with Crippen LogP contribution in [0.3, 0.4) is 0 Å². The van der Waals surface area contributed by atoms with Crippen LogP contribution in [0.4, 0.5) is 5.69 Å². The van der Waals surface area contributed by atoms with Gasteiger partial charge in [-0.05, 0) is 60.8 Å². The van der Waals surface area contributed by atoms with Crippen LogP contribution in [0.2, 0.25) is 18.1 Å². The molecule has 0 radical (unpaired) electrons. The first kappa shape index (κ1) is 37.7. The van der Waals surface area contributed by atoms with Gasteiger partial charge in [0.05, 0.1) is 29.3 Å². The van der Waals surface area contributed by atoms with Crippen molar-refractivity contribution in [2.75, 3.05) is 51.7 Å². The maximum Gasteiger partial charge on any atom is 0.277 e. The number of H-pyrrole nitrogens is 1. The molecule has 0 bridgehead atoms. The predicted octanol–water partition coefficient (Wildman–Crippen LogP) is 5.49. The normalized spacial score (nSPS) is 15.2. The lowest BCUT2D eigenvalue weighted by Gasteiger charge is -2.38. The molecular weight excluding hydrogens is 671 g/mol. The highest BCUT2D eigenvalue weighted by Crippen LogP contribution is 2.36. The minimum Gasteiger partial charge on any atom is -0.493 e. The molecule has 0 atom stereocenters. The summed E-state index contributed by atoms with van der Waals surface area (Å²) in [6, 6.07) is 12.3. The highest BCUT2D eigenvalue weighted by Gasteiger charge is 2.37. The molecule has 272 valence electrons. The van der Waals surface area contributed by atoms with Crippen molar-refractivity contribution in [2.24, 2.45) is 0 Å². The van der Waals surface area contributed by atoms with Gasteiger partial charge in [-0.1, -0.05) is 59.2 Å². The molecule has 1 saturated heterocycles. The van der Waals surface area contributed by atoms with Crippen molar-refractivity contribution in [1.29, 1.82) is 0 Å². The van der Waals surface area contributed by atoms with E-state index in [1.54, 1.807) is 22.9 Å². The monoisotopic (exact) mass is 723 g/mol. The quantitative estimate of drug-likeness (QED) is 0.127. The van der Waals surface area contributed by atoms with Gasteiger partial charge in [-0.3, -0.25) is 14.4 Å². The van der Waals surface area contributed by atoms with Crippen LogP contribution in [0.15, 0.2) is 52.2 Å². The van der Waals surface area contributed by atoms with E-state index in [0.29, 0.717) is 86.1 Å². The smallest absolute Gasteiger partial charge is 0.277 e. The number of anilines is 1. The zero-order valence-corrected chi connectivity index (χ0v) is 32.4. The summed E-state index contributed by atoms with van der Waals surface area (Å²) in [4.78, 5) is 24.0. The van der Waals surface area contributed by atoms with E-state index in [-0.39, 0.29) is 21.3 Å². The van der Waals surface area contributed by atoms with Crippen LogP contribution < -0.4 is 16.0 Å². The Hall–Kier alpha value is -3.56. The first-order valence-corrected chi connectivity index (χ1v) is 22.0. The van der Waals surface area contributed by atoms with Crippen LogP contribution in [-0.4, -0.2) is 91.6 Å². The molecule has 0 unspecified atom stereocenters. The zero-order chi connectivity index (χ0) is 36.3. The second-order valence-corrected chi connectivity index (χ2v) is 21.3. The summed E-state index contributed by atoms with van der Waals surface area (Å²) in [5.74, 6) is 0.676. The van der Waals surface area contributed by atoms with E-state index in [0.717, 1.165) is 24.9 Å². The number of aryl methyl sites for hydroxylation is 1. The van der Waals surface area contributed by atoms with E-state index < -0.39 is 18.3 Å². The Bertz CT molecular complexity index is 1960. The number of ether oxygens (including phenoxy) is 1. The van der Waals surface area contributed by atoms with Crippen molar-refractivity contribution >= 4 is 35.1 Å². The first-order valence-electron chi connectivity index (χ1n) is 17.6. The Kier molecular flexibility index (Phi) is 11.6. The molecule has 0 aliphatic carbocycles. The number of sulfonamides is 1. The van der Waals surface area contributed by atoms with Gasteiger partial charge in [0, 0.05) is 45.0 Å². The van der Waals surface area contributed by atoms with E-state index in [2.05, 4.69) is 43.7 Å². The lowest BCUT2D eigenvalue weighted by molar-refractivity contribution is 0.153. The van der Waals surface area contributed by atoms with Gasteiger partial charge in [0.15, 0.2) is 13.8 Å². The molecule has 0 spiro atoms. The number of hydrogen-bond donors (Lipinski definition) is 2. The molecule has 4 aromatic rings. The lowest BCUT2D eigenvalue weighted by Crippen LogP contribution is -2.50. The van der Waals surface area contributed by atoms with Gasteiger partial charge in [0.1, 0.15) is 17.1 Å². The second kappa shape index (κ2) is 15.4. The standard InChI is InChI=1S/C36H53N7O5SSi/c1-8-12-30-32-33(43(40-30)25-26-13-10-11-14-29(26)37)35(44)39-34(38-32)28-24-27(15-16-31(28)47-22-9-2)49(45,46)42-19-17-41(18-20-42)21-23-48-50(6,7)36(3,4)5/h10-11,13-16,24H,8-9,12,17-23,25,37H2,1-7H3,(H,38,39,44). The summed E-state index contributed by atoms with van der Waals surface area (Å²) < 4.78 is 43.6. The number of benzene rings is 2. The molecular formula is C36H53N7O5SSi. The third-order valence-corrected chi connectivity index (χ3v) is 16.3. The molecule has 0 amide bonds. The molecule has 2 aromatic carbocycles. The molecule has 5 rings (SSSR count). The third-order valence-electron chi connectivity index (χ3n) is 9.84. The fraction of sp³-hybridized carbons (Fsp3) is 0.528. The van der Waals surface area contributed by atoms with E-state index in [1.165, 1.54) is 4.31 Å². The number of rotatable bonds is 14. The number of aromatic nitrogens is 4. The van der Waals surface area contributed by atoms with Gasteiger partial charge < -0.3 is 19.9 Å². The van der Waals surface area contributed by atoms with Gasteiger partial charge in [-0.2, -0.15) is 9.40 Å². The average Bonchev–Trinajstić information content (AvgIpc) is 3.41. The molecule has 12 nitrogen and oxygen atoms in total. The fourth-order valence-electron chi connectivity index (χ4n) is 5.82. The minimum absolute atomic E-state index is 0.123. The molecule has 3 heterocycles. The molecule has 1 aliphatic rings. The van der Waals surface area contributed by atoms with Crippen LogP contribution in [0, 0.1) is 0 Å². The maximum atomic E-state index is 14.0. The third kappa shape index (κ3) is 8.15. The summed E-state index contributed by atoms with van der Waals surface area (Å²) in [7, 11) is -5.69. The van der Waals surface area contributed by atoms with Crippen molar-refractivity contribution in [2.45, 2.75) is 83.5 Å². The van der Waals surface area contributed by atoms with Crippen molar-refractivity contribution < 1.29 is 17.6 Å². The average molecular weight is 724 g/mol. The summed E-state index contributed by atoms with van der Waals surface area (Å²) >= 11 is 0. The number of para-hydroxylation sites is 1. The molecule has 3 N–H and O–H groups in total. The fourth-order valence-corrected chi connectivity index (χ4v) is 8.30. The van der Waals surface area contributed by atoms with Crippen LogP contribution in [0.1, 0.15) is 58.7 Å². The Morgan fingerprint density at radius 2 is 1.72 bits per heavy atom. The Labute approximate surface area is 297 Å². The SMILES string of the molecule is CCCOc1ccc(S(=O)(=O)N2CCN(CCO[Si](C)(C)C(C)(C)C)CC2)cc1-c1nc2c(CCC)nn(Cc3ccccc3N)c2c(=O)[nH]1. The minimum atomic E-state index is -3.84. The number of nitrogens with zero attached hydrogens (tertiary/aromatic N) is 5. The lowest BCUT2D eigenvalue weighted by atomic mass is 10.1. The van der Waals surface area contributed by atoms with E-state index >= 15 is 0 Å². The largest absolute Gasteiger partial charge is 0.493 e. The number of hydrogen-bond acceptors (Lipinski definition) is 9. The molecule has 2 aromatic heterocycles. The van der Waals surface area contributed by atoms with Crippen molar-refractivity contribution in [3.8, 4) is 17.1 Å². The van der Waals surface area contributed by atoms with Gasteiger partial charge in [-0.15, -0.1) is 0 Å². The van der Waals surface area contributed by atoms with Crippen LogP contribution in [0.5, 0.6) is 5.75 Å². The highest BCUT2D eigenvalue weighted by molar-refractivity contribution is 7.89. The summed E-state index contributed by atoms with van der Waals surface area (Å²) in [5.41, 5.74) is 9.21. The first-order chi connectivity index (χ1) is 23.7. The number of nitrogen functional groups attached to an aromatic ring is 1. The molecule has 1 fully saturated rings. The predicted molar refractivity (Wildman–Crippen MR) is 202 cm³/mol. The number of fused-ring (bicyclic) bond motifs is 1. The topological polar surface area (TPSA) is 149 Å². The highest BCUT2D eigenvalue weighted by atomic mass is 32.2. The second-order valence-electron chi connectivity index (χ2n) is 14.5. The summed E-state index contributed by atoms with van der Waals surface area (Å²) in [5, 5.41) is 4.92. The van der Waals surface area contributed by atoms with Gasteiger partial charge in [0.2, 0.25) is 10.0 Å². The maximum absolute atomic E-state index is 14.0. The Morgan fingerprint density at radius 1 is 1.00 bits per heavy atom. The number of aromatic amines is 1. The van der Waals surface area contributed by atoms with E-state index in [4.69, 9.17) is 25.0 Å². The van der Waals surface area contributed by atoms with E-state index in [9.17, 15) is 13.2 Å². The number of nitrogens with one attached hydrogen (secondary N) is 1. The summed E-state index contributed by atoms with van der Waals surface area (Å²) in [6.07, 6.45) is 2.17. The van der Waals surface area contributed by atoms with Crippen molar-refractivity contribution in [3.05, 3.63) is 64.1 Å². The number of piperazine rings is 1. The van der Waals surface area contributed by atoms with Crippen LogP contribution >= 0.6 is 0 Å². The summed E-state index contributed by atoms with van der Waals surface area (Å²) in [6.45, 7) is 19.3. The van der Waals surface area contributed by atoms with Crippen LogP contribution in [-0.2, 0) is 27.4 Å². The van der Waals surface area contributed by atoms with Gasteiger partial charge in [-0.25, -0.2) is 13.4 Å². The van der Waals surface area contributed by atoms with Crippen molar-refractivity contribution in [1.82, 2.24) is 29.0 Å². The number of nitrogens with two attached hydrogens (primary N) is 1.